The predicted molar refractivity (Wildman–Crippen MR) is 82.3 cm³/mol. The highest BCUT2D eigenvalue weighted by Gasteiger charge is 2.16. The fourth-order valence-corrected chi connectivity index (χ4v) is 3.05. The number of carbonyl (C=O) groups is 1. The van der Waals surface area contributed by atoms with Crippen LogP contribution in [0.2, 0.25) is 0 Å². The second-order valence-electron chi connectivity index (χ2n) is 5.24. The summed E-state index contributed by atoms with van der Waals surface area (Å²) in [7, 11) is 0. The molecule has 2 aromatic rings. The third-order valence-electron chi connectivity index (χ3n) is 2.87. The molecule has 0 atom stereocenters. The largest absolute Gasteiger partial charge is 0.306 e. The van der Waals surface area contributed by atoms with E-state index in [1.807, 2.05) is 26.0 Å². The van der Waals surface area contributed by atoms with Crippen LogP contribution in [-0.2, 0) is 6.42 Å². The van der Waals surface area contributed by atoms with E-state index in [4.69, 9.17) is 0 Å². The molecule has 1 amide bonds. The van der Waals surface area contributed by atoms with Gasteiger partial charge in [-0.05, 0) is 31.4 Å². The van der Waals surface area contributed by atoms with E-state index in [2.05, 4.69) is 29.1 Å². The highest BCUT2D eigenvalue weighted by Crippen LogP contribution is 2.22. The Morgan fingerprint density at radius 3 is 2.80 bits per heavy atom. The fourth-order valence-electron chi connectivity index (χ4n) is 1.88. The van der Waals surface area contributed by atoms with E-state index in [0.29, 0.717) is 16.6 Å². The first-order chi connectivity index (χ1) is 9.47. The summed E-state index contributed by atoms with van der Waals surface area (Å²) in [6.07, 6.45) is 2.58. The summed E-state index contributed by atoms with van der Waals surface area (Å²) >= 11 is 1.47. The average Bonchev–Trinajstić information content (AvgIpc) is 2.72. The molecule has 0 aliphatic rings. The van der Waals surface area contributed by atoms with Crippen LogP contribution in [0.4, 0.5) is 5.82 Å². The smallest absolute Gasteiger partial charge is 0.268 e. The van der Waals surface area contributed by atoms with E-state index in [9.17, 15) is 4.79 Å². The molecule has 0 saturated heterocycles. The number of anilines is 1. The van der Waals surface area contributed by atoms with E-state index in [-0.39, 0.29) is 5.91 Å². The number of hydrogen-bond acceptors (Lipinski definition) is 4. The minimum absolute atomic E-state index is 0.128. The van der Waals surface area contributed by atoms with Crippen molar-refractivity contribution < 1.29 is 4.79 Å². The zero-order valence-corrected chi connectivity index (χ0v) is 13.0. The quantitative estimate of drug-likeness (QED) is 0.935. The first-order valence-electron chi connectivity index (χ1n) is 6.66. The lowest BCUT2D eigenvalue weighted by Crippen LogP contribution is -2.13. The van der Waals surface area contributed by atoms with Crippen LogP contribution >= 0.6 is 11.3 Å². The monoisotopic (exact) mass is 289 g/mol. The Kier molecular flexibility index (Phi) is 4.49. The molecule has 106 valence electrons. The molecule has 0 radical (unpaired) electrons. The van der Waals surface area contributed by atoms with Crippen molar-refractivity contribution in [1.29, 1.82) is 0 Å². The topological polar surface area (TPSA) is 54.9 Å². The molecule has 0 aliphatic carbocycles. The Labute approximate surface area is 123 Å². The third-order valence-corrected chi connectivity index (χ3v) is 4.05. The van der Waals surface area contributed by atoms with Gasteiger partial charge in [0.05, 0.1) is 10.7 Å². The Bertz CT molecular complexity index is 619. The van der Waals surface area contributed by atoms with E-state index in [0.717, 1.165) is 22.7 Å². The van der Waals surface area contributed by atoms with Gasteiger partial charge in [-0.1, -0.05) is 19.9 Å². The van der Waals surface area contributed by atoms with E-state index in [1.165, 1.54) is 11.3 Å². The molecule has 5 heteroatoms. The molecule has 0 aromatic carbocycles. The average molecular weight is 289 g/mol. The van der Waals surface area contributed by atoms with Gasteiger partial charge in [-0.3, -0.25) is 4.79 Å². The fraction of sp³-hybridized carbons (Fsp3) is 0.400. The van der Waals surface area contributed by atoms with E-state index < -0.39 is 0 Å². The summed E-state index contributed by atoms with van der Waals surface area (Å²) in [6.45, 7) is 8.09. The molecule has 0 saturated carbocycles. The van der Waals surface area contributed by atoms with Gasteiger partial charge in [-0.15, -0.1) is 11.3 Å². The number of nitrogens with zero attached hydrogens (tertiary/aromatic N) is 2. The van der Waals surface area contributed by atoms with Gasteiger partial charge in [-0.2, -0.15) is 0 Å². The second kappa shape index (κ2) is 6.13. The lowest BCUT2D eigenvalue weighted by atomic mass is 10.1. The number of rotatable bonds is 4. The lowest BCUT2D eigenvalue weighted by Gasteiger charge is -2.05. The summed E-state index contributed by atoms with van der Waals surface area (Å²) in [6, 6.07) is 3.77. The standard InChI is InChI=1S/C15H19N3OS/c1-9(2)8-12-17-11(4)13(20-12)15(19)18-14-10(3)6-5-7-16-14/h5-7,9H,8H2,1-4H3,(H,16,18,19). The zero-order valence-electron chi connectivity index (χ0n) is 12.2. The van der Waals surface area contributed by atoms with Crippen LogP contribution in [0.5, 0.6) is 0 Å². The molecule has 2 aromatic heterocycles. The maximum atomic E-state index is 12.3. The molecule has 2 rings (SSSR count). The summed E-state index contributed by atoms with van der Waals surface area (Å²) in [5.41, 5.74) is 1.74. The molecule has 0 spiro atoms. The van der Waals surface area contributed by atoms with Crippen molar-refractivity contribution in [2.24, 2.45) is 5.92 Å². The molecule has 2 heterocycles. The number of thiazole rings is 1. The van der Waals surface area contributed by atoms with Crippen LogP contribution in [-0.4, -0.2) is 15.9 Å². The molecule has 0 bridgehead atoms. The highest BCUT2D eigenvalue weighted by atomic mass is 32.1. The molecule has 0 unspecified atom stereocenters. The Morgan fingerprint density at radius 2 is 2.15 bits per heavy atom. The maximum Gasteiger partial charge on any atom is 0.268 e. The number of aryl methyl sites for hydroxylation is 2. The summed E-state index contributed by atoms with van der Waals surface area (Å²) in [5, 5.41) is 3.87. The van der Waals surface area contributed by atoms with Crippen LogP contribution in [0.15, 0.2) is 18.3 Å². The van der Waals surface area contributed by atoms with Gasteiger partial charge in [0.25, 0.3) is 5.91 Å². The first-order valence-corrected chi connectivity index (χ1v) is 7.48. The third kappa shape index (κ3) is 3.42. The van der Waals surface area contributed by atoms with E-state index >= 15 is 0 Å². The van der Waals surface area contributed by atoms with Crippen LogP contribution in [0, 0.1) is 19.8 Å². The Morgan fingerprint density at radius 1 is 1.40 bits per heavy atom. The highest BCUT2D eigenvalue weighted by molar-refractivity contribution is 7.13. The SMILES string of the molecule is Cc1cccnc1NC(=O)c1sc(CC(C)C)nc1C. The predicted octanol–water partition coefficient (Wildman–Crippen LogP) is 3.61. The van der Waals surface area contributed by atoms with Crippen molar-refractivity contribution in [2.75, 3.05) is 5.32 Å². The number of aromatic nitrogens is 2. The first kappa shape index (κ1) is 14.7. The molecule has 0 fully saturated rings. The van der Waals surface area contributed by atoms with Gasteiger partial charge in [0, 0.05) is 12.6 Å². The summed E-state index contributed by atoms with van der Waals surface area (Å²) in [4.78, 5) is 21.6. The summed E-state index contributed by atoms with van der Waals surface area (Å²) < 4.78 is 0. The van der Waals surface area contributed by atoms with Crippen LogP contribution in [0.25, 0.3) is 0 Å². The van der Waals surface area contributed by atoms with Crippen molar-refractivity contribution in [3.63, 3.8) is 0 Å². The van der Waals surface area contributed by atoms with Gasteiger partial charge in [-0.25, -0.2) is 9.97 Å². The van der Waals surface area contributed by atoms with Gasteiger partial charge in [0.2, 0.25) is 0 Å². The van der Waals surface area contributed by atoms with Crippen molar-refractivity contribution in [3.05, 3.63) is 39.5 Å². The number of amides is 1. The molecule has 1 N–H and O–H groups in total. The maximum absolute atomic E-state index is 12.3. The Hall–Kier alpha value is -1.75. The molecular formula is C15H19N3OS. The van der Waals surface area contributed by atoms with Gasteiger partial charge >= 0.3 is 0 Å². The minimum Gasteiger partial charge on any atom is -0.306 e. The number of carbonyl (C=O) groups excluding carboxylic acids is 1. The van der Waals surface area contributed by atoms with Crippen LogP contribution in [0.3, 0.4) is 0 Å². The number of hydrogen-bond donors (Lipinski definition) is 1. The van der Waals surface area contributed by atoms with Crippen LogP contribution < -0.4 is 5.32 Å². The van der Waals surface area contributed by atoms with Gasteiger partial charge < -0.3 is 5.32 Å². The van der Waals surface area contributed by atoms with Crippen molar-refractivity contribution in [2.45, 2.75) is 34.1 Å². The lowest BCUT2D eigenvalue weighted by molar-refractivity contribution is 0.102. The van der Waals surface area contributed by atoms with E-state index in [1.54, 1.807) is 6.20 Å². The molecular weight excluding hydrogens is 270 g/mol. The molecule has 0 aliphatic heterocycles. The van der Waals surface area contributed by atoms with Gasteiger partial charge in [0.15, 0.2) is 0 Å². The van der Waals surface area contributed by atoms with Crippen molar-refractivity contribution in [3.8, 4) is 0 Å². The zero-order chi connectivity index (χ0) is 14.7. The Balaban J connectivity index is 2.17. The number of pyridine rings is 1. The number of nitrogens with one attached hydrogen (secondary N) is 1. The van der Waals surface area contributed by atoms with Crippen LogP contribution in [0.1, 0.15) is 39.8 Å². The molecule has 4 nitrogen and oxygen atoms in total. The molecule has 20 heavy (non-hydrogen) atoms. The minimum atomic E-state index is -0.128. The van der Waals surface area contributed by atoms with Gasteiger partial charge in [0.1, 0.15) is 10.7 Å². The van der Waals surface area contributed by atoms with Crippen molar-refractivity contribution >= 4 is 23.1 Å². The van der Waals surface area contributed by atoms with Crippen molar-refractivity contribution in [1.82, 2.24) is 9.97 Å². The second-order valence-corrected chi connectivity index (χ2v) is 6.33. The normalized spacial score (nSPS) is 10.8. The summed E-state index contributed by atoms with van der Waals surface area (Å²) in [5.74, 6) is 1.02.